The Morgan fingerprint density at radius 2 is 1.84 bits per heavy atom. The molecule has 0 atom stereocenters. The molecule has 0 unspecified atom stereocenters. The lowest BCUT2D eigenvalue weighted by Crippen LogP contribution is -2.32. The molecule has 1 amide bonds. The first-order valence-corrected chi connectivity index (χ1v) is 11.5. The summed E-state index contributed by atoms with van der Waals surface area (Å²) in [5.74, 6) is -0.469. The number of benzene rings is 2. The smallest absolute Gasteiger partial charge is 0.278 e. The minimum atomic E-state index is -3.59. The van der Waals surface area contributed by atoms with Crippen molar-refractivity contribution in [3.05, 3.63) is 89.6 Å². The van der Waals surface area contributed by atoms with Gasteiger partial charge in [-0.15, -0.1) is 0 Å². The van der Waals surface area contributed by atoms with Crippen molar-refractivity contribution >= 4 is 43.9 Å². The molecule has 0 saturated carbocycles. The van der Waals surface area contributed by atoms with E-state index in [-0.39, 0.29) is 22.8 Å². The maximum absolute atomic E-state index is 13.3. The Labute approximate surface area is 184 Å². The number of sulfone groups is 1. The standard InChI is InChI=1S/C22H17ClN4O3S/c1-31(29,30)20-5-3-2-4-19(20)27(22(28)18-13-24-10-11-25-18)14-15-6-7-16-8-9-21(23)26-17(16)12-15/h2-13H,14H2,1H3. The van der Waals surface area contributed by atoms with Gasteiger partial charge in [-0.2, -0.15) is 0 Å². The zero-order valence-corrected chi connectivity index (χ0v) is 18.0. The molecule has 4 aromatic rings. The van der Waals surface area contributed by atoms with E-state index >= 15 is 0 Å². The molecule has 9 heteroatoms. The quantitative estimate of drug-likeness (QED) is 0.426. The van der Waals surface area contributed by atoms with Gasteiger partial charge in [0.25, 0.3) is 5.91 Å². The lowest BCUT2D eigenvalue weighted by molar-refractivity contribution is 0.0979. The first-order valence-electron chi connectivity index (χ1n) is 9.25. The average Bonchev–Trinajstić information content (AvgIpc) is 2.77. The van der Waals surface area contributed by atoms with Crippen LogP contribution in [-0.4, -0.2) is 35.5 Å². The highest BCUT2D eigenvalue weighted by molar-refractivity contribution is 7.90. The van der Waals surface area contributed by atoms with Crippen LogP contribution in [0.25, 0.3) is 10.9 Å². The van der Waals surface area contributed by atoms with Gasteiger partial charge in [0.2, 0.25) is 0 Å². The Kier molecular flexibility index (Phi) is 5.67. The van der Waals surface area contributed by atoms with Crippen LogP contribution in [0.1, 0.15) is 16.1 Å². The molecule has 0 fully saturated rings. The van der Waals surface area contributed by atoms with Gasteiger partial charge in [0.1, 0.15) is 10.8 Å². The molecule has 156 valence electrons. The summed E-state index contributed by atoms with van der Waals surface area (Å²) in [6.45, 7) is 0.103. The summed E-state index contributed by atoms with van der Waals surface area (Å²) in [6, 6.07) is 15.5. The first-order chi connectivity index (χ1) is 14.8. The normalized spacial score (nSPS) is 11.4. The van der Waals surface area contributed by atoms with Crippen molar-refractivity contribution < 1.29 is 13.2 Å². The predicted molar refractivity (Wildman–Crippen MR) is 119 cm³/mol. The van der Waals surface area contributed by atoms with Gasteiger partial charge in [-0.3, -0.25) is 9.78 Å². The highest BCUT2D eigenvalue weighted by Crippen LogP contribution is 2.28. The van der Waals surface area contributed by atoms with Crippen LogP contribution >= 0.6 is 11.6 Å². The Morgan fingerprint density at radius 3 is 2.58 bits per heavy atom. The van der Waals surface area contributed by atoms with Crippen molar-refractivity contribution in [2.45, 2.75) is 11.4 Å². The average molecular weight is 453 g/mol. The molecule has 0 aliphatic heterocycles. The maximum Gasteiger partial charge on any atom is 0.278 e. The number of amides is 1. The van der Waals surface area contributed by atoms with Gasteiger partial charge >= 0.3 is 0 Å². The van der Waals surface area contributed by atoms with E-state index in [1.165, 1.54) is 29.6 Å². The van der Waals surface area contributed by atoms with Crippen molar-refractivity contribution in [3.8, 4) is 0 Å². The van der Waals surface area contributed by atoms with Crippen LogP contribution in [0.5, 0.6) is 0 Å². The van der Waals surface area contributed by atoms with Crippen LogP contribution in [0, 0.1) is 0 Å². The van der Waals surface area contributed by atoms with Crippen molar-refractivity contribution in [1.29, 1.82) is 0 Å². The Hall–Kier alpha value is -3.36. The molecular weight excluding hydrogens is 436 g/mol. The molecule has 31 heavy (non-hydrogen) atoms. The summed E-state index contributed by atoms with van der Waals surface area (Å²) < 4.78 is 24.8. The van der Waals surface area contributed by atoms with E-state index in [2.05, 4.69) is 15.0 Å². The van der Waals surface area contributed by atoms with E-state index in [0.717, 1.165) is 17.2 Å². The minimum absolute atomic E-state index is 0.0502. The molecular formula is C22H17ClN4O3S. The van der Waals surface area contributed by atoms with Crippen LogP contribution in [0.2, 0.25) is 5.15 Å². The molecule has 2 aromatic carbocycles. The molecule has 0 radical (unpaired) electrons. The number of carbonyl (C=O) groups excluding carboxylic acids is 1. The van der Waals surface area contributed by atoms with Crippen LogP contribution in [0.3, 0.4) is 0 Å². The van der Waals surface area contributed by atoms with E-state index in [1.54, 1.807) is 24.3 Å². The number of para-hydroxylation sites is 1. The summed E-state index contributed by atoms with van der Waals surface area (Å²) in [4.78, 5) is 27.1. The number of anilines is 1. The van der Waals surface area contributed by atoms with E-state index in [0.29, 0.717) is 10.7 Å². The fourth-order valence-electron chi connectivity index (χ4n) is 3.23. The molecule has 0 bridgehead atoms. The predicted octanol–water partition coefficient (Wildman–Crippen LogP) is 3.93. The van der Waals surface area contributed by atoms with E-state index < -0.39 is 15.7 Å². The van der Waals surface area contributed by atoms with Gasteiger partial charge in [0.05, 0.1) is 28.8 Å². The van der Waals surface area contributed by atoms with Crippen LogP contribution in [0.15, 0.2) is 78.1 Å². The number of pyridine rings is 1. The zero-order valence-electron chi connectivity index (χ0n) is 16.4. The molecule has 4 rings (SSSR count). The summed E-state index contributed by atoms with van der Waals surface area (Å²) in [7, 11) is -3.59. The number of hydrogen-bond acceptors (Lipinski definition) is 6. The summed E-state index contributed by atoms with van der Waals surface area (Å²) in [5, 5.41) is 1.26. The van der Waals surface area contributed by atoms with Crippen molar-refractivity contribution in [2.24, 2.45) is 0 Å². The SMILES string of the molecule is CS(=O)(=O)c1ccccc1N(Cc1ccc2ccc(Cl)nc2c1)C(=O)c1cnccn1. The highest BCUT2D eigenvalue weighted by atomic mass is 35.5. The summed E-state index contributed by atoms with van der Waals surface area (Å²) in [6.07, 6.45) is 5.33. The van der Waals surface area contributed by atoms with Gasteiger partial charge in [-0.25, -0.2) is 18.4 Å². The molecule has 0 saturated heterocycles. The van der Waals surface area contributed by atoms with Crippen LogP contribution < -0.4 is 4.90 Å². The Balaban J connectivity index is 1.83. The fraction of sp³-hybridized carbons (Fsp3) is 0.0909. The third kappa shape index (κ3) is 4.55. The number of halogens is 1. The molecule has 0 spiro atoms. The molecule has 0 N–H and O–H groups in total. The molecule has 0 aliphatic rings. The van der Waals surface area contributed by atoms with Gasteiger partial charge in [-0.1, -0.05) is 35.9 Å². The topological polar surface area (TPSA) is 93.1 Å². The van der Waals surface area contributed by atoms with Crippen molar-refractivity contribution in [2.75, 3.05) is 11.2 Å². The number of nitrogens with zero attached hydrogens (tertiary/aromatic N) is 4. The zero-order chi connectivity index (χ0) is 22.0. The van der Waals surface area contributed by atoms with Crippen molar-refractivity contribution in [1.82, 2.24) is 15.0 Å². The van der Waals surface area contributed by atoms with Gasteiger partial charge in [0.15, 0.2) is 9.84 Å². The second-order valence-electron chi connectivity index (χ2n) is 6.88. The van der Waals surface area contributed by atoms with E-state index in [1.807, 2.05) is 24.3 Å². The lowest BCUT2D eigenvalue weighted by Gasteiger charge is -2.24. The third-order valence-corrected chi connectivity index (χ3v) is 6.00. The van der Waals surface area contributed by atoms with E-state index in [9.17, 15) is 13.2 Å². The summed E-state index contributed by atoms with van der Waals surface area (Å²) in [5.41, 5.74) is 1.80. The monoisotopic (exact) mass is 452 g/mol. The molecule has 2 heterocycles. The number of fused-ring (bicyclic) bond motifs is 1. The summed E-state index contributed by atoms with van der Waals surface area (Å²) >= 11 is 6.02. The van der Waals surface area contributed by atoms with Crippen LogP contribution in [-0.2, 0) is 16.4 Å². The number of aromatic nitrogens is 3. The largest absolute Gasteiger partial charge is 0.301 e. The second kappa shape index (κ2) is 8.41. The first kappa shape index (κ1) is 20.9. The van der Waals surface area contributed by atoms with Gasteiger partial charge in [-0.05, 0) is 35.9 Å². The third-order valence-electron chi connectivity index (χ3n) is 4.65. The second-order valence-corrected chi connectivity index (χ2v) is 9.25. The number of hydrogen-bond donors (Lipinski definition) is 0. The molecule has 0 aliphatic carbocycles. The maximum atomic E-state index is 13.3. The number of rotatable bonds is 5. The molecule has 2 aromatic heterocycles. The van der Waals surface area contributed by atoms with Gasteiger partial charge < -0.3 is 4.90 Å². The van der Waals surface area contributed by atoms with E-state index in [4.69, 9.17) is 11.6 Å². The van der Waals surface area contributed by atoms with Gasteiger partial charge in [0, 0.05) is 24.0 Å². The lowest BCUT2D eigenvalue weighted by atomic mass is 10.1. The molecule has 7 nitrogen and oxygen atoms in total. The van der Waals surface area contributed by atoms with Crippen molar-refractivity contribution in [3.63, 3.8) is 0 Å². The highest BCUT2D eigenvalue weighted by Gasteiger charge is 2.25. The number of carbonyl (C=O) groups is 1. The van der Waals surface area contributed by atoms with Crippen LogP contribution in [0.4, 0.5) is 5.69 Å². The fourth-order valence-corrected chi connectivity index (χ4v) is 4.26. The Bertz CT molecular complexity index is 1380. The Morgan fingerprint density at radius 1 is 1.06 bits per heavy atom. The minimum Gasteiger partial charge on any atom is -0.301 e.